The van der Waals surface area contributed by atoms with E-state index in [1.807, 2.05) is 44.2 Å². The Morgan fingerprint density at radius 3 is 2.29 bits per heavy atom. The molecule has 186 valence electrons. The molecule has 34 heavy (non-hydrogen) atoms. The molecule has 2 amide bonds. The molecule has 0 fully saturated rings. The van der Waals surface area contributed by atoms with E-state index < -0.39 is 28.5 Å². The minimum absolute atomic E-state index is 0.0567. The highest BCUT2D eigenvalue weighted by molar-refractivity contribution is 7.92. The molecule has 1 N–H and O–H groups in total. The molecule has 0 unspecified atom stereocenters. The highest BCUT2D eigenvalue weighted by Gasteiger charge is 2.31. The van der Waals surface area contributed by atoms with Crippen LogP contribution in [0.15, 0.2) is 48.5 Å². The van der Waals surface area contributed by atoms with Gasteiger partial charge >= 0.3 is 0 Å². The van der Waals surface area contributed by atoms with E-state index in [1.54, 1.807) is 6.92 Å². The first-order valence-corrected chi connectivity index (χ1v) is 13.6. The Morgan fingerprint density at radius 2 is 1.71 bits per heavy atom. The number of sulfonamides is 1. The molecule has 0 bridgehead atoms. The van der Waals surface area contributed by atoms with Crippen LogP contribution >= 0.6 is 23.2 Å². The smallest absolute Gasteiger partial charge is 0.244 e. The summed E-state index contributed by atoms with van der Waals surface area (Å²) >= 11 is 12.3. The molecule has 0 aliphatic rings. The molecule has 2 atom stereocenters. The first-order valence-electron chi connectivity index (χ1n) is 11.0. The second kappa shape index (κ2) is 12.4. The lowest BCUT2D eigenvalue weighted by Crippen LogP contribution is -2.53. The summed E-state index contributed by atoms with van der Waals surface area (Å²) in [5.74, 6) is -0.827. The molecule has 2 aromatic rings. The number of amides is 2. The SMILES string of the molecule is CC[C@H](C)NC(=O)[C@H](C)N(CCc1ccccc1)C(=O)CN(c1cc(Cl)ccc1Cl)S(C)(=O)=O. The van der Waals surface area contributed by atoms with Gasteiger partial charge in [-0.05, 0) is 50.5 Å². The summed E-state index contributed by atoms with van der Waals surface area (Å²) < 4.78 is 26.1. The molecule has 0 saturated heterocycles. The number of nitrogens with zero attached hydrogens (tertiary/aromatic N) is 2. The maximum Gasteiger partial charge on any atom is 0.244 e. The molecule has 0 aliphatic carbocycles. The largest absolute Gasteiger partial charge is 0.352 e. The normalized spacial score (nSPS) is 13.1. The van der Waals surface area contributed by atoms with Crippen molar-refractivity contribution in [1.29, 1.82) is 0 Å². The van der Waals surface area contributed by atoms with Crippen molar-refractivity contribution in [3.63, 3.8) is 0 Å². The van der Waals surface area contributed by atoms with Crippen LogP contribution in [0.5, 0.6) is 0 Å². The van der Waals surface area contributed by atoms with Gasteiger partial charge in [0.1, 0.15) is 12.6 Å². The van der Waals surface area contributed by atoms with Crippen LogP contribution in [0, 0.1) is 0 Å². The van der Waals surface area contributed by atoms with Crippen molar-refractivity contribution in [3.8, 4) is 0 Å². The standard InChI is InChI=1S/C24H31Cl2N3O4S/c1-5-17(2)27-24(31)18(3)28(14-13-19-9-7-6-8-10-19)23(30)16-29(34(4,32)33)22-15-20(25)11-12-21(22)26/h6-12,15,17-18H,5,13-14,16H2,1-4H3,(H,27,31)/t17-,18-/m0/s1. The van der Waals surface area contributed by atoms with E-state index in [0.717, 1.165) is 22.5 Å². The van der Waals surface area contributed by atoms with Crippen molar-refractivity contribution in [1.82, 2.24) is 10.2 Å². The van der Waals surface area contributed by atoms with Crippen molar-refractivity contribution in [2.75, 3.05) is 23.7 Å². The number of rotatable bonds is 11. The highest BCUT2D eigenvalue weighted by Crippen LogP contribution is 2.30. The van der Waals surface area contributed by atoms with Gasteiger partial charge in [-0.15, -0.1) is 0 Å². The van der Waals surface area contributed by atoms with Crippen LogP contribution in [-0.2, 0) is 26.0 Å². The Bertz CT molecular complexity index is 1100. The van der Waals surface area contributed by atoms with Gasteiger partial charge in [-0.25, -0.2) is 8.42 Å². The quantitative estimate of drug-likeness (QED) is 0.475. The minimum Gasteiger partial charge on any atom is -0.352 e. The summed E-state index contributed by atoms with van der Waals surface area (Å²) in [7, 11) is -3.88. The average Bonchev–Trinajstić information content (AvgIpc) is 2.79. The van der Waals surface area contributed by atoms with Gasteiger partial charge in [0.25, 0.3) is 0 Å². The number of hydrogen-bond acceptors (Lipinski definition) is 4. The summed E-state index contributed by atoms with van der Waals surface area (Å²) in [6.45, 7) is 5.19. The van der Waals surface area contributed by atoms with Crippen molar-refractivity contribution >= 4 is 50.7 Å². The fourth-order valence-electron chi connectivity index (χ4n) is 3.31. The zero-order valence-electron chi connectivity index (χ0n) is 19.8. The maximum absolute atomic E-state index is 13.5. The second-order valence-corrected chi connectivity index (χ2v) is 10.9. The molecule has 10 heteroatoms. The lowest BCUT2D eigenvalue weighted by atomic mass is 10.1. The highest BCUT2D eigenvalue weighted by atomic mass is 35.5. The fraction of sp³-hybridized carbons (Fsp3) is 0.417. The first-order chi connectivity index (χ1) is 15.9. The number of carbonyl (C=O) groups excluding carboxylic acids is 2. The van der Waals surface area contributed by atoms with Crippen LogP contribution in [0.25, 0.3) is 0 Å². The molecule has 0 radical (unpaired) electrons. The Hall–Kier alpha value is -2.29. The molecule has 7 nitrogen and oxygen atoms in total. The van der Waals surface area contributed by atoms with Gasteiger partial charge < -0.3 is 10.2 Å². The maximum atomic E-state index is 13.5. The fourth-order valence-corrected chi connectivity index (χ4v) is 4.60. The molecule has 0 aliphatic heterocycles. The van der Waals surface area contributed by atoms with Crippen LogP contribution in [0.3, 0.4) is 0 Å². The number of nitrogens with one attached hydrogen (secondary N) is 1. The summed E-state index contributed by atoms with van der Waals surface area (Å²) in [5.41, 5.74) is 1.09. The predicted molar refractivity (Wildman–Crippen MR) is 138 cm³/mol. The Kier molecular flexibility index (Phi) is 10.2. The van der Waals surface area contributed by atoms with Crippen molar-refractivity contribution < 1.29 is 18.0 Å². The lowest BCUT2D eigenvalue weighted by Gasteiger charge is -2.32. The third-order valence-corrected chi connectivity index (χ3v) is 7.19. The van der Waals surface area contributed by atoms with Crippen LogP contribution < -0.4 is 9.62 Å². The molecule has 0 saturated carbocycles. The Labute approximate surface area is 212 Å². The second-order valence-electron chi connectivity index (χ2n) is 8.18. The van der Waals surface area contributed by atoms with Gasteiger partial charge in [0.15, 0.2) is 0 Å². The van der Waals surface area contributed by atoms with Crippen LogP contribution in [0.4, 0.5) is 5.69 Å². The van der Waals surface area contributed by atoms with Crippen LogP contribution in [0.2, 0.25) is 10.0 Å². The number of anilines is 1. The third-order valence-electron chi connectivity index (χ3n) is 5.51. The van der Waals surface area contributed by atoms with E-state index in [-0.39, 0.29) is 34.2 Å². The van der Waals surface area contributed by atoms with E-state index in [1.165, 1.54) is 23.1 Å². The van der Waals surface area contributed by atoms with E-state index in [0.29, 0.717) is 6.42 Å². The Morgan fingerprint density at radius 1 is 1.06 bits per heavy atom. The molecule has 0 spiro atoms. The van der Waals surface area contributed by atoms with Crippen molar-refractivity contribution in [3.05, 3.63) is 64.1 Å². The van der Waals surface area contributed by atoms with Gasteiger partial charge in [-0.1, -0.05) is 60.5 Å². The average molecular weight is 529 g/mol. The van der Waals surface area contributed by atoms with E-state index >= 15 is 0 Å². The van der Waals surface area contributed by atoms with Gasteiger partial charge in [-0.2, -0.15) is 0 Å². The lowest BCUT2D eigenvalue weighted by molar-refractivity contribution is -0.139. The molecular weight excluding hydrogens is 497 g/mol. The van der Waals surface area contributed by atoms with E-state index in [9.17, 15) is 18.0 Å². The van der Waals surface area contributed by atoms with Crippen LogP contribution in [0.1, 0.15) is 32.8 Å². The third kappa shape index (κ3) is 7.89. The molecule has 2 aromatic carbocycles. The van der Waals surface area contributed by atoms with Crippen molar-refractivity contribution in [2.24, 2.45) is 0 Å². The summed E-state index contributed by atoms with van der Waals surface area (Å²) in [6, 6.07) is 13.1. The molecule has 2 rings (SSSR count). The number of hydrogen-bond donors (Lipinski definition) is 1. The topological polar surface area (TPSA) is 86.8 Å². The summed E-state index contributed by atoms with van der Waals surface area (Å²) in [6.07, 6.45) is 2.24. The molecule has 0 heterocycles. The summed E-state index contributed by atoms with van der Waals surface area (Å²) in [4.78, 5) is 27.7. The first kappa shape index (κ1) is 28.0. The van der Waals surface area contributed by atoms with E-state index in [2.05, 4.69) is 5.32 Å². The zero-order chi connectivity index (χ0) is 25.5. The van der Waals surface area contributed by atoms with Gasteiger partial charge in [0.05, 0.1) is 17.0 Å². The summed E-state index contributed by atoms with van der Waals surface area (Å²) in [5, 5.41) is 3.31. The monoisotopic (exact) mass is 527 g/mol. The van der Waals surface area contributed by atoms with E-state index in [4.69, 9.17) is 23.2 Å². The number of halogens is 2. The van der Waals surface area contributed by atoms with Gasteiger partial charge in [-0.3, -0.25) is 13.9 Å². The Balaban J connectivity index is 2.35. The molecular formula is C24H31Cl2N3O4S. The minimum atomic E-state index is -3.88. The van der Waals surface area contributed by atoms with Crippen LogP contribution in [-0.4, -0.2) is 56.6 Å². The van der Waals surface area contributed by atoms with Crippen molar-refractivity contribution in [2.45, 2.75) is 45.7 Å². The zero-order valence-corrected chi connectivity index (χ0v) is 22.1. The molecule has 0 aromatic heterocycles. The van der Waals surface area contributed by atoms with Gasteiger partial charge in [0, 0.05) is 17.6 Å². The van der Waals surface area contributed by atoms with Gasteiger partial charge in [0.2, 0.25) is 21.8 Å². The number of carbonyl (C=O) groups is 2. The number of benzene rings is 2. The predicted octanol–water partition coefficient (Wildman–Crippen LogP) is 4.13.